The number of rotatable bonds is 26. The molecule has 0 atom stereocenters. The van der Waals surface area contributed by atoms with Crippen LogP contribution in [-0.2, 0) is 23.8 Å². The molecule has 0 fully saturated rings. The second kappa shape index (κ2) is 27.1. The fraction of sp³-hybridized carbons (Fsp3) is 0.929. The first-order valence-corrected chi connectivity index (χ1v) is 14.1. The summed E-state index contributed by atoms with van der Waals surface area (Å²) in [4.78, 5) is 23.4. The lowest BCUT2D eigenvalue weighted by Crippen LogP contribution is -2.11. The van der Waals surface area contributed by atoms with Crippen LogP contribution in [0.4, 0.5) is 0 Å². The summed E-state index contributed by atoms with van der Waals surface area (Å²) >= 11 is 0. The number of hydrogen-bond acceptors (Lipinski definition) is 5. The van der Waals surface area contributed by atoms with Crippen LogP contribution in [0, 0.1) is 0 Å². The van der Waals surface area contributed by atoms with Crippen LogP contribution in [0.15, 0.2) is 0 Å². The quantitative estimate of drug-likeness (QED) is 0.0948. The molecule has 0 heterocycles. The molecule has 0 saturated heterocycles. The molecule has 0 aromatic heterocycles. The lowest BCUT2D eigenvalue weighted by Gasteiger charge is -2.06. The highest BCUT2D eigenvalue weighted by Crippen LogP contribution is 2.13. The van der Waals surface area contributed by atoms with Crippen molar-refractivity contribution in [1.29, 1.82) is 0 Å². The van der Waals surface area contributed by atoms with Gasteiger partial charge in [0.2, 0.25) is 0 Å². The van der Waals surface area contributed by atoms with Crippen LogP contribution >= 0.6 is 0 Å². The van der Waals surface area contributed by atoms with Crippen molar-refractivity contribution in [3.05, 3.63) is 0 Å². The molecule has 0 amide bonds. The summed E-state index contributed by atoms with van der Waals surface area (Å²) in [6.07, 6.45) is 22.7. The van der Waals surface area contributed by atoms with E-state index in [1.165, 1.54) is 77.0 Å². The zero-order chi connectivity index (χ0) is 24.2. The van der Waals surface area contributed by atoms with E-state index in [1.54, 1.807) is 0 Å². The maximum absolute atomic E-state index is 11.8. The van der Waals surface area contributed by atoms with Crippen molar-refractivity contribution in [3.8, 4) is 0 Å². The standard InChI is InChI=1S/C28H54O5/c1-3-5-7-8-9-10-11-12-13-14-15-16-17-20-24-32-27(29)21-18-19-22-28(30)33-26-25-31-23-6-4-2/h3-26H2,1-2H3. The predicted molar refractivity (Wildman–Crippen MR) is 136 cm³/mol. The van der Waals surface area contributed by atoms with Gasteiger partial charge < -0.3 is 14.2 Å². The van der Waals surface area contributed by atoms with Gasteiger partial charge in [0, 0.05) is 19.4 Å². The molecular weight excluding hydrogens is 416 g/mol. The minimum atomic E-state index is -0.218. The molecule has 0 spiro atoms. The van der Waals surface area contributed by atoms with Gasteiger partial charge in [0.15, 0.2) is 0 Å². The van der Waals surface area contributed by atoms with Crippen molar-refractivity contribution < 1.29 is 23.8 Å². The van der Waals surface area contributed by atoms with Crippen LogP contribution in [0.5, 0.6) is 0 Å². The summed E-state index contributed by atoms with van der Waals surface area (Å²) in [5.74, 6) is -0.368. The summed E-state index contributed by atoms with van der Waals surface area (Å²) in [5.41, 5.74) is 0. The highest BCUT2D eigenvalue weighted by atomic mass is 16.6. The van der Waals surface area contributed by atoms with E-state index in [0.29, 0.717) is 45.5 Å². The lowest BCUT2D eigenvalue weighted by atomic mass is 10.0. The van der Waals surface area contributed by atoms with Crippen LogP contribution in [0.3, 0.4) is 0 Å². The minimum Gasteiger partial charge on any atom is -0.466 e. The van der Waals surface area contributed by atoms with Gasteiger partial charge >= 0.3 is 11.9 Å². The van der Waals surface area contributed by atoms with Gasteiger partial charge in [0.1, 0.15) is 6.61 Å². The Hall–Kier alpha value is -1.10. The summed E-state index contributed by atoms with van der Waals surface area (Å²) in [6, 6.07) is 0. The number of carbonyl (C=O) groups is 2. The first kappa shape index (κ1) is 31.9. The molecule has 0 unspecified atom stereocenters. The normalized spacial score (nSPS) is 11.0. The van der Waals surface area contributed by atoms with Crippen molar-refractivity contribution in [2.24, 2.45) is 0 Å². The van der Waals surface area contributed by atoms with Crippen molar-refractivity contribution in [3.63, 3.8) is 0 Å². The zero-order valence-electron chi connectivity index (χ0n) is 22.0. The van der Waals surface area contributed by atoms with Crippen LogP contribution < -0.4 is 0 Å². The predicted octanol–water partition coefficient (Wildman–Crippen LogP) is 7.93. The van der Waals surface area contributed by atoms with E-state index >= 15 is 0 Å². The maximum atomic E-state index is 11.8. The first-order valence-electron chi connectivity index (χ1n) is 14.1. The molecule has 5 nitrogen and oxygen atoms in total. The Kier molecular flexibility index (Phi) is 26.2. The molecular formula is C28H54O5. The highest BCUT2D eigenvalue weighted by molar-refractivity contribution is 5.70. The minimum absolute atomic E-state index is 0.151. The largest absolute Gasteiger partial charge is 0.466 e. The third-order valence-electron chi connectivity index (χ3n) is 5.91. The number of esters is 2. The Morgan fingerprint density at radius 2 is 0.848 bits per heavy atom. The third kappa shape index (κ3) is 27.0. The topological polar surface area (TPSA) is 61.8 Å². The van der Waals surface area contributed by atoms with Crippen molar-refractivity contribution >= 4 is 11.9 Å². The second-order valence-electron chi connectivity index (χ2n) is 9.21. The second-order valence-corrected chi connectivity index (χ2v) is 9.21. The Bertz CT molecular complexity index is 425. The average Bonchev–Trinajstić information content (AvgIpc) is 2.81. The van der Waals surface area contributed by atoms with Crippen LogP contribution in [0.1, 0.15) is 142 Å². The van der Waals surface area contributed by atoms with E-state index in [9.17, 15) is 9.59 Å². The van der Waals surface area contributed by atoms with E-state index < -0.39 is 0 Å². The summed E-state index contributed by atoms with van der Waals surface area (Å²) in [5, 5.41) is 0. The highest BCUT2D eigenvalue weighted by Gasteiger charge is 2.06. The first-order chi connectivity index (χ1) is 16.2. The number of hydrogen-bond donors (Lipinski definition) is 0. The van der Waals surface area contributed by atoms with E-state index in [4.69, 9.17) is 14.2 Å². The molecule has 0 aliphatic carbocycles. The van der Waals surface area contributed by atoms with E-state index in [0.717, 1.165) is 32.3 Å². The fourth-order valence-corrected chi connectivity index (χ4v) is 3.73. The van der Waals surface area contributed by atoms with Gasteiger partial charge in [0.25, 0.3) is 0 Å². The molecule has 0 rings (SSSR count). The third-order valence-corrected chi connectivity index (χ3v) is 5.91. The summed E-state index contributed by atoms with van der Waals surface area (Å²) in [6.45, 7) is 6.39. The molecule has 0 radical (unpaired) electrons. The summed E-state index contributed by atoms with van der Waals surface area (Å²) < 4.78 is 15.8. The van der Waals surface area contributed by atoms with Crippen LogP contribution in [0.25, 0.3) is 0 Å². The molecule has 0 bridgehead atoms. The van der Waals surface area contributed by atoms with Gasteiger partial charge in [-0.3, -0.25) is 9.59 Å². The number of unbranched alkanes of at least 4 members (excludes halogenated alkanes) is 15. The van der Waals surface area contributed by atoms with E-state index in [1.807, 2.05) is 0 Å². The molecule has 0 aliphatic heterocycles. The SMILES string of the molecule is CCCCCCCCCCCCCCCCOC(=O)CCCCC(=O)OCCOCCCC. The Balaban J connectivity index is 3.25. The molecule has 5 heteroatoms. The van der Waals surface area contributed by atoms with Gasteiger partial charge in [-0.25, -0.2) is 0 Å². The Labute approximate surface area is 204 Å². The summed E-state index contributed by atoms with van der Waals surface area (Å²) in [7, 11) is 0. The molecule has 0 N–H and O–H groups in total. The zero-order valence-corrected chi connectivity index (χ0v) is 22.0. The van der Waals surface area contributed by atoms with Gasteiger partial charge in [-0.1, -0.05) is 104 Å². The van der Waals surface area contributed by atoms with Crippen LogP contribution in [0.2, 0.25) is 0 Å². The number of carbonyl (C=O) groups excluding carboxylic acids is 2. The molecule has 196 valence electrons. The van der Waals surface area contributed by atoms with Crippen LogP contribution in [-0.4, -0.2) is 38.4 Å². The number of ether oxygens (including phenoxy) is 3. The fourth-order valence-electron chi connectivity index (χ4n) is 3.73. The molecule has 0 saturated carbocycles. The van der Waals surface area contributed by atoms with Crippen molar-refractivity contribution in [2.45, 2.75) is 142 Å². The Morgan fingerprint density at radius 3 is 1.33 bits per heavy atom. The van der Waals surface area contributed by atoms with E-state index in [-0.39, 0.29) is 11.9 Å². The Morgan fingerprint density at radius 1 is 0.424 bits per heavy atom. The van der Waals surface area contributed by atoms with Crippen molar-refractivity contribution in [2.75, 3.05) is 26.4 Å². The molecule has 33 heavy (non-hydrogen) atoms. The van der Waals surface area contributed by atoms with Gasteiger partial charge in [-0.2, -0.15) is 0 Å². The molecule has 0 aromatic rings. The molecule has 0 aromatic carbocycles. The van der Waals surface area contributed by atoms with Gasteiger partial charge in [-0.15, -0.1) is 0 Å². The van der Waals surface area contributed by atoms with Gasteiger partial charge in [0.05, 0.1) is 13.2 Å². The van der Waals surface area contributed by atoms with Crippen molar-refractivity contribution in [1.82, 2.24) is 0 Å². The smallest absolute Gasteiger partial charge is 0.305 e. The average molecular weight is 471 g/mol. The van der Waals surface area contributed by atoms with Gasteiger partial charge in [-0.05, 0) is 25.7 Å². The molecule has 0 aliphatic rings. The maximum Gasteiger partial charge on any atom is 0.305 e. The lowest BCUT2D eigenvalue weighted by molar-refractivity contribution is -0.146. The monoisotopic (exact) mass is 470 g/mol. The van der Waals surface area contributed by atoms with E-state index in [2.05, 4.69) is 13.8 Å².